The Morgan fingerprint density at radius 2 is 1.95 bits per heavy atom. The number of furan rings is 2. The summed E-state index contributed by atoms with van der Waals surface area (Å²) in [6, 6.07) is 9.99. The zero-order valence-corrected chi connectivity index (χ0v) is 20.8. The number of carbonyl (C=O) groups excluding carboxylic acids is 2. The number of nitrogens with one attached hydrogen (secondary N) is 1. The van der Waals surface area contributed by atoms with Gasteiger partial charge in [-0.05, 0) is 48.5 Å². The second-order valence-corrected chi connectivity index (χ2v) is 9.37. The SMILES string of the molecule is NC(=O)c1sc2nc(C(F)(F)F)cc(-c3ccco3)c2c1NC(=O)c1ccc(COc2ccc(F)cc2Cl)o1. The predicted molar refractivity (Wildman–Crippen MR) is 133 cm³/mol. The van der Waals surface area contributed by atoms with Gasteiger partial charge in [-0.1, -0.05) is 11.6 Å². The number of fused-ring (bicyclic) bond motifs is 1. The Labute approximate surface area is 224 Å². The molecule has 4 heterocycles. The van der Waals surface area contributed by atoms with Gasteiger partial charge in [0.25, 0.3) is 11.8 Å². The molecule has 0 saturated heterocycles. The number of ether oxygens (including phenoxy) is 1. The molecule has 0 spiro atoms. The van der Waals surface area contributed by atoms with Crippen molar-refractivity contribution >= 4 is 50.7 Å². The topological polar surface area (TPSA) is 121 Å². The Bertz CT molecular complexity index is 1710. The van der Waals surface area contributed by atoms with Crippen LogP contribution in [0.2, 0.25) is 5.02 Å². The van der Waals surface area contributed by atoms with E-state index >= 15 is 0 Å². The number of rotatable bonds is 7. The number of alkyl halides is 3. The molecule has 0 unspecified atom stereocenters. The van der Waals surface area contributed by atoms with Gasteiger partial charge in [0.15, 0.2) is 5.76 Å². The molecule has 0 bridgehead atoms. The van der Waals surface area contributed by atoms with Crippen molar-refractivity contribution in [3.05, 3.63) is 87.7 Å². The number of primary amides is 1. The highest BCUT2D eigenvalue weighted by Gasteiger charge is 2.35. The van der Waals surface area contributed by atoms with Crippen molar-refractivity contribution in [1.82, 2.24) is 4.98 Å². The fraction of sp³-hybridized carbons (Fsp3) is 0.0800. The van der Waals surface area contributed by atoms with Crippen molar-refractivity contribution in [2.24, 2.45) is 5.73 Å². The third kappa shape index (κ3) is 5.31. The summed E-state index contributed by atoms with van der Waals surface area (Å²) in [5.41, 5.74) is 4.06. The van der Waals surface area contributed by atoms with Gasteiger partial charge in [0.1, 0.15) is 45.1 Å². The van der Waals surface area contributed by atoms with Gasteiger partial charge in [0.2, 0.25) is 0 Å². The molecule has 5 rings (SSSR count). The monoisotopic (exact) mass is 579 g/mol. The van der Waals surface area contributed by atoms with Crippen LogP contribution in [0.25, 0.3) is 21.5 Å². The lowest BCUT2D eigenvalue weighted by molar-refractivity contribution is -0.140. The molecular weight excluding hydrogens is 566 g/mol. The highest BCUT2D eigenvalue weighted by Crippen LogP contribution is 2.44. The molecule has 5 aromatic rings. The van der Waals surface area contributed by atoms with E-state index in [1.54, 1.807) is 0 Å². The van der Waals surface area contributed by atoms with Gasteiger partial charge in [0.05, 0.1) is 17.0 Å². The van der Waals surface area contributed by atoms with Gasteiger partial charge in [-0.3, -0.25) is 9.59 Å². The van der Waals surface area contributed by atoms with Crippen molar-refractivity contribution < 1.29 is 40.7 Å². The number of hydrogen-bond donors (Lipinski definition) is 2. The van der Waals surface area contributed by atoms with E-state index in [-0.39, 0.29) is 61.0 Å². The van der Waals surface area contributed by atoms with Crippen LogP contribution in [0.15, 0.2) is 63.6 Å². The maximum Gasteiger partial charge on any atom is 0.433 e. The first-order chi connectivity index (χ1) is 18.5. The summed E-state index contributed by atoms with van der Waals surface area (Å²) in [7, 11) is 0. The molecule has 0 aliphatic heterocycles. The number of nitrogens with two attached hydrogens (primary N) is 1. The van der Waals surface area contributed by atoms with E-state index in [4.69, 9.17) is 30.9 Å². The predicted octanol–water partition coefficient (Wildman–Crippen LogP) is 6.89. The Hall–Kier alpha value is -4.36. The van der Waals surface area contributed by atoms with Gasteiger partial charge in [-0.2, -0.15) is 13.2 Å². The summed E-state index contributed by atoms with van der Waals surface area (Å²) >= 11 is 6.53. The Morgan fingerprint density at radius 3 is 2.62 bits per heavy atom. The summed E-state index contributed by atoms with van der Waals surface area (Å²) in [5, 5.41) is 2.58. The minimum Gasteiger partial charge on any atom is -0.484 e. The normalized spacial score (nSPS) is 11.6. The number of pyridine rings is 1. The zero-order valence-electron chi connectivity index (χ0n) is 19.3. The number of carbonyl (C=O) groups is 2. The second-order valence-electron chi connectivity index (χ2n) is 7.96. The largest absolute Gasteiger partial charge is 0.484 e. The van der Waals surface area contributed by atoms with E-state index < -0.39 is 29.5 Å². The summed E-state index contributed by atoms with van der Waals surface area (Å²) in [5.74, 6) is -2.11. The molecule has 4 aromatic heterocycles. The Balaban J connectivity index is 1.48. The first kappa shape index (κ1) is 26.3. The van der Waals surface area contributed by atoms with Crippen LogP contribution in [0.4, 0.5) is 23.2 Å². The molecule has 1 aromatic carbocycles. The number of thiophene rings is 1. The number of anilines is 1. The third-order valence-electron chi connectivity index (χ3n) is 5.35. The van der Waals surface area contributed by atoms with Crippen LogP contribution in [0, 0.1) is 5.82 Å². The van der Waals surface area contributed by atoms with Crippen LogP contribution in [-0.4, -0.2) is 16.8 Å². The van der Waals surface area contributed by atoms with Crippen LogP contribution in [0.3, 0.4) is 0 Å². The van der Waals surface area contributed by atoms with E-state index in [0.717, 1.165) is 18.2 Å². The van der Waals surface area contributed by atoms with Crippen LogP contribution < -0.4 is 15.8 Å². The van der Waals surface area contributed by atoms with Gasteiger partial charge in [0, 0.05) is 10.9 Å². The minimum absolute atomic E-state index is 0.0335. The fourth-order valence-corrected chi connectivity index (χ4v) is 4.89. The molecule has 2 amide bonds. The average Bonchev–Trinajstić information content (AvgIpc) is 3.63. The summed E-state index contributed by atoms with van der Waals surface area (Å²) in [4.78, 5) is 28.5. The molecule has 0 aliphatic rings. The fourth-order valence-electron chi connectivity index (χ4n) is 3.66. The van der Waals surface area contributed by atoms with E-state index in [1.165, 1.54) is 36.6 Å². The first-order valence-corrected chi connectivity index (χ1v) is 12.1. The third-order valence-corrected chi connectivity index (χ3v) is 6.74. The van der Waals surface area contributed by atoms with Crippen LogP contribution >= 0.6 is 22.9 Å². The van der Waals surface area contributed by atoms with E-state index in [0.29, 0.717) is 11.3 Å². The molecule has 39 heavy (non-hydrogen) atoms. The highest BCUT2D eigenvalue weighted by atomic mass is 35.5. The number of nitrogens with zero attached hydrogens (tertiary/aromatic N) is 1. The number of amides is 2. The first-order valence-electron chi connectivity index (χ1n) is 10.9. The lowest BCUT2D eigenvalue weighted by atomic mass is 10.1. The van der Waals surface area contributed by atoms with E-state index in [1.807, 2.05) is 0 Å². The minimum atomic E-state index is -4.79. The molecule has 200 valence electrons. The molecule has 3 N–H and O–H groups in total. The van der Waals surface area contributed by atoms with E-state index in [9.17, 15) is 27.2 Å². The lowest BCUT2D eigenvalue weighted by Gasteiger charge is -2.10. The van der Waals surface area contributed by atoms with Crippen molar-refractivity contribution in [3.8, 4) is 17.1 Å². The lowest BCUT2D eigenvalue weighted by Crippen LogP contribution is -2.16. The zero-order chi connectivity index (χ0) is 27.9. The number of benzene rings is 1. The van der Waals surface area contributed by atoms with Crippen molar-refractivity contribution in [1.29, 1.82) is 0 Å². The van der Waals surface area contributed by atoms with Crippen LogP contribution in [0.5, 0.6) is 5.75 Å². The second kappa shape index (κ2) is 10.1. The quantitative estimate of drug-likeness (QED) is 0.203. The highest BCUT2D eigenvalue weighted by molar-refractivity contribution is 7.21. The maximum absolute atomic E-state index is 13.6. The summed E-state index contributed by atoms with van der Waals surface area (Å²) < 4.78 is 70.2. The molecule has 0 saturated carbocycles. The molecule has 0 fully saturated rings. The van der Waals surface area contributed by atoms with E-state index in [2.05, 4.69) is 10.3 Å². The van der Waals surface area contributed by atoms with Crippen molar-refractivity contribution in [3.63, 3.8) is 0 Å². The van der Waals surface area contributed by atoms with Crippen LogP contribution in [-0.2, 0) is 12.8 Å². The molecule has 14 heteroatoms. The number of halogens is 5. The summed E-state index contributed by atoms with van der Waals surface area (Å²) in [6.07, 6.45) is -3.53. The molecule has 0 atom stereocenters. The maximum atomic E-state index is 13.6. The average molecular weight is 580 g/mol. The number of aromatic nitrogens is 1. The standard InChI is InChI=1S/C25H14ClF4N3O5S/c26-14-8-11(27)3-5-16(14)37-10-12-4-6-17(38-12)23(35)33-20-19-13(15-2-1-7-36-15)9-18(25(28,29)30)32-24(19)39-21(20)22(31)34/h1-9H,10H2,(H2,31,34)(H,33,35). The molecule has 0 radical (unpaired) electrons. The Kier molecular flexibility index (Phi) is 6.78. The van der Waals surface area contributed by atoms with Crippen molar-refractivity contribution in [2.45, 2.75) is 12.8 Å². The smallest absolute Gasteiger partial charge is 0.433 e. The molecular formula is C25H14ClF4N3O5S. The van der Waals surface area contributed by atoms with Gasteiger partial charge in [-0.15, -0.1) is 11.3 Å². The van der Waals surface area contributed by atoms with Gasteiger partial charge in [-0.25, -0.2) is 9.37 Å². The summed E-state index contributed by atoms with van der Waals surface area (Å²) in [6.45, 7) is -0.153. The van der Waals surface area contributed by atoms with Gasteiger partial charge < -0.3 is 24.6 Å². The molecule has 8 nitrogen and oxygen atoms in total. The van der Waals surface area contributed by atoms with Gasteiger partial charge >= 0.3 is 6.18 Å². The molecule has 0 aliphatic carbocycles. The Morgan fingerprint density at radius 1 is 1.15 bits per heavy atom. The van der Waals surface area contributed by atoms with Crippen molar-refractivity contribution in [2.75, 3.05) is 5.32 Å². The number of hydrogen-bond acceptors (Lipinski definition) is 7. The van der Waals surface area contributed by atoms with Crippen LogP contribution in [0.1, 0.15) is 31.7 Å².